The molecule has 12 heteroatoms. The van der Waals surface area contributed by atoms with Crippen LogP contribution in [0.4, 0.5) is 5.69 Å². The fraction of sp³-hybridized carbons (Fsp3) is 0.562. The smallest absolute Gasteiger partial charge is 0.357 e. The summed E-state index contributed by atoms with van der Waals surface area (Å²) in [5.74, 6) is 0.111. The maximum atomic E-state index is 11.3. The van der Waals surface area contributed by atoms with E-state index in [-0.39, 0.29) is 11.6 Å². The van der Waals surface area contributed by atoms with Crippen molar-refractivity contribution in [1.82, 2.24) is 9.61 Å². The highest BCUT2D eigenvalue weighted by atomic mass is 32.3. The summed E-state index contributed by atoms with van der Waals surface area (Å²) in [6, 6.07) is 5.22. The molecule has 0 bridgehead atoms. The maximum Gasteiger partial charge on any atom is 0.357 e. The molecule has 1 aliphatic rings. The normalized spacial score (nSPS) is 16.2. The van der Waals surface area contributed by atoms with Gasteiger partial charge in [0.2, 0.25) is 10.4 Å². The van der Waals surface area contributed by atoms with E-state index in [0.29, 0.717) is 12.1 Å². The van der Waals surface area contributed by atoms with Crippen molar-refractivity contribution in [2.75, 3.05) is 40.4 Å². The van der Waals surface area contributed by atoms with E-state index < -0.39 is 15.3 Å². The second-order valence-electron chi connectivity index (χ2n) is 6.72. The van der Waals surface area contributed by atoms with Crippen LogP contribution in [0.1, 0.15) is 19.3 Å². The predicted octanol–water partition coefficient (Wildman–Crippen LogP) is 1.34. The van der Waals surface area contributed by atoms with Crippen LogP contribution < -0.4 is 4.74 Å². The molecule has 0 spiro atoms. The van der Waals surface area contributed by atoms with Gasteiger partial charge in [0, 0.05) is 6.20 Å². The van der Waals surface area contributed by atoms with Crippen molar-refractivity contribution in [2.24, 2.45) is 0 Å². The molecule has 3 heterocycles. The summed E-state index contributed by atoms with van der Waals surface area (Å²) in [5.41, 5.74) is 0.405. The van der Waals surface area contributed by atoms with E-state index in [1.165, 1.54) is 23.8 Å². The van der Waals surface area contributed by atoms with Crippen molar-refractivity contribution < 1.29 is 31.3 Å². The molecule has 0 N–H and O–H groups in total. The number of quaternary nitrogens is 1. The van der Waals surface area contributed by atoms with Crippen LogP contribution in [-0.2, 0) is 14.6 Å². The molecular formula is C16H24N4O7S. The molecule has 2 aromatic rings. The van der Waals surface area contributed by atoms with Crippen LogP contribution in [0.3, 0.4) is 0 Å². The lowest BCUT2D eigenvalue weighted by Gasteiger charge is -2.37. The lowest BCUT2D eigenvalue weighted by Crippen LogP contribution is -2.50. The van der Waals surface area contributed by atoms with Gasteiger partial charge in [-0.25, -0.2) is 12.9 Å². The van der Waals surface area contributed by atoms with E-state index in [4.69, 9.17) is 4.74 Å². The molecule has 0 amide bonds. The molecule has 0 unspecified atom stereocenters. The Morgan fingerprint density at radius 1 is 1.29 bits per heavy atom. The maximum absolute atomic E-state index is 11.3. The van der Waals surface area contributed by atoms with Gasteiger partial charge in [-0.3, -0.25) is 14.3 Å². The summed E-state index contributed by atoms with van der Waals surface area (Å²) in [6.45, 7) is 3.60. The Hall–Kier alpha value is -2.28. The Kier molecular flexibility index (Phi) is 7.29. The monoisotopic (exact) mass is 416 g/mol. The standard InChI is InChI=1S/C15H21N4O3.CH4O4S/c1-19(9-5-2-6-10-19)11-12-22-15-14(18(20)21)13-7-3-4-8-17(13)16-15;1-5-6(2,3)4/h3-4,7-8H,2,5-6,9-12H2,1H3;1H3,(H,2,3,4)/q+1;/p-1. The largest absolute Gasteiger partial charge is 0.726 e. The average Bonchev–Trinajstić information content (AvgIpc) is 3.00. The molecule has 0 saturated carbocycles. The number of aromatic nitrogens is 2. The average molecular weight is 416 g/mol. The van der Waals surface area contributed by atoms with Gasteiger partial charge in [0.25, 0.3) is 0 Å². The molecule has 1 fully saturated rings. The number of piperidine rings is 1. The van der Waals surface area contributed by atoms with E-state index in [9.17, 15) is 23.1 Å². The minimum atomic E-state index is -4.41. The van der Waals surface area contributed by atoms with Crippen molar-refractivity contribution in [1.29, 1.82) is 0 Å². The Bertz CT molecular complexity index is 907. The summed E-state index contributed by atoms with van der Waals surface area (Å²) in [6.07, 6.45) is 5.47. The summed E-state index contributed by atoms with van der Waals surface area (Å²) in [7, 11) is -1.38. The summed E-state index contributed by atoms with van der Waals surface area (Å²) >= 11 is 0. The van der Waals surface area contributed by atoms with Crippen molar-refractivity contribution in [3.8, 4) is 5.88 Å². The Morgan fingerprint density at radius 2 is 1.93 bits per heavy atom. The molecule has 156 valence electrons. The third-order valence-corrected chi connectivity index (χ3v) is 5.04. The van der Waals surface area contributed by atoms with Crippen LogP contribution in [0.5, 0.6) is 5.88 Å². The second-order valence-corrected chi connectivity index (χ2v) is 7.87. The van der Waals surface area contributed by atoms with Crippen LogP contribution in [0.2, 0.25) is 0 Å². The van der Waals surface area contributed by atoms with Crippen LogP contribution >= 0.6 is 0 Å². The van der Waals surface area contributed by atoms with Crippen molar-refractivity contribution in [2.45, 2.75) is 19.3 Å². The Morgan fingerprint density at radius 3 is 2.50 bits per heavy atom. The number of likely N-dealkylation sites (N-methyl/N-ethyl adjacent to an activating group) is 1. The first kappa shape index (κ1) is 22.0. The van der Waals surface area contributed by atoms with Gasteiger partial charge in [0.05, 0.1) is 32.2 Å². The van der Waals surface area contributed by atoms with Gasteiger partial charge in [-0.05, 0) is 31.4 Å². The SMILES string of the molecule is COS(=O)(=O)[O-].C[N+]1(CCOc2nn3ccccc3c2[N+](=O)[O-])CCCCC1. The number of hydrogen-bond acceptors (Lipinski definition) is 8. The predicted molar refractivity (Wildman–Crippen MR) is 98.7 cm³/mol. The zero-order valence-electron chi connectivity index (χ0n) is 15.8. The lowest BCUT2D eigenvalue weighted by molar-refractivity contribution is -0.914. The third-order valence-electron chi connectivity index (χ3n) is 4.64. The van der Waals surface area contributed by atoms with E-state index >= 15 is 0 Å². The van der Waals surface area contributed by atoms with Crippen LogP contribution in [0.15, 0.2) is 24.4 Å². The Balaban J connectivity index is 0.000000409. The zero-order valence-corrected chi connectivity index (χ0v) is 16.6. The van der Waals surface area contributed by atoms with Crippen molar-refractivity contribution >= 4 is 21.6 Å². The number of likely N-dealkylation sites (tertiary alicyclic amines) is 1. The first-order valence-electron chi connectivity index (χ1n) is 8.75. The van der Waals surface area contributed by atoms with E-state index in [1.807, 2.05) is 0 Å². The van der Waals surface area contributed by atoms with Gasteiger partial charge in [0.1, 0.15) is 18.7 Å². The van der Waals surface area contributed by atoms with Gasteiger partial charge in [-0.1, -0.05) is 6.07 Å². The number of rotatable bonds is 6. The first-order valence-corrected chi connectivity index (χ1v) is 10.1. The molecular weight excluding hydrogens is 392 g/mol. The Labute approximate surface area is 163 Å². The van der Waals surface area contributed by atoms with Gasteiger partial charge in [-0.15, -0.1) is 5.10 Å². The van der Waals surface area contributed by atoms with Crippen molar-refractivity contribution in [3.05, 3.63) is 34.5 Å². The molecule has 3 rings (SSSR count). The van der Waals surface area contributed by atoms with Gasteiger partial charge in [0.15, 0.2) is 0 Å². The molecule has 0 radical (unpaired) electrons. The number of nitrogens with zero attached hydrogens (tertiary/aromatic N) is 4. The summed E-state index contributed by atoms with van der Waals surface area (Å²) in [4.78, 5) is 10.9. The van der Waals surface area contributed by atoms with Crippen LogP contribution in [0, 0.1) is 10.1 Å². The number of pyridine rings is 1. The second kappa shape index (κ2) is 9.28. The fourth-order valence-electron chi connectivity index (χ4n) is 3.09. The summed E-state index contributed by atoms with van der Waals surface area (Å²) < 4.78 is 39.1. The minimum absolute atomic E-state index is 0.0538. The number of hydrogen-bond donors (Lipinski definition) is 0. The molecule has 1 saturated heterocycles. The molecule has 0 aromatic carbocycles. The van der Waals surface area contributed by atoms with E-state index in [1.54, 1.807) is 24.4 Å². The lowest BCUT2D eigenvalue weighted by atomic mass is 10.1. The molecule has 0 aliphatic carbocycles. The quantitative estimate of drug-likeness (QED) is 0.226. The van der Waals surface area contributed by atoms with Crippen LogP contribution in [0.25, 0.3) is 5.52 Å². The fourth-order valence-corrected chi connectivity index (χ4v) is 3.09. The minimum Gasteiger partial charge on any atom is -0.726 e. The van der Waals surface area contributed by atoms with Crippen LogP contribution in [-0.4, -0.2) is 72.4 Å². The number of nitro groups is 1. The highest BCUT2D eigenvalue weighted by molar-refractivity contribution is 7.80. The molecule has 11 nitrogen and oxygen atoms in total. The highest BCUT2D eigenvalue weighted by Gasteiger charge is 2.27. The number of ether oxygens (including phenoxy) is 1. The summed E-state index contributed by atoms with van der Waals surface area (Å²) in [5, 5.41) is 15.5. The molecule has 2 aromatic heterocycles. The van der Waals surface area contributed by atoms with E-state index in [0.717, 1.165) is 31.2 Å². The van der Waals surface area contributed by atoms with Gasteiger partial charge in [-0.2, -0.15) is 0 Å². The van der Waals surface area contributed by atoms with Gasteiger partial charge >= 0.3 is 11.6 Å². The topological polar surface area (TPSA) is 136 Å². The van der Waals surface area contributed by atoms with E-state index in [2.05, 4.69) is 16.3 Å². The molecule has 0 atom stereocenters. The third kappa shape index (κ3) is 6.12. The molecule has 28 heavy (non-hydrogen) atoms. The highest BCUT2D eigenvalue weighted by Crippen LogP contribution is 2.30. The van der Waals surface area contributed by atoms with Gasteiger partial charge < -0.3 is 13.8 Å². The molecule has 1 aliphatic heterocycles. The van der Waals surface area contributed by atoms with Crippen molar-refractivity contribution in [3.63, 3.8) is 0 Å². The zero-order chi connectivity index (χ0) is 20.8. The first-order chi connectivity index (χ1) is 13.2. The number of fused-ring (bicyclic) bond motifs is 1.